The average molecular weight is 237 g/mol. The minimum atomic E-state index is 0.367. The van der Waals surface area contributed by atoms with Crippen LogP contribution in [0.25, 0.3) is 0 Å². The summed E-state index contributed by atoms with van der Waals surface area (Å²) in [5.41, 5.74) is 5.82. The Balaban J connectivity index is 2.05. The summed E-state index contributed by atoms with van der Waals surface area (Å²) < 4.78 is 0. The molecule has 0 aliphatic heterocycles. The van der Waals surface area contributed by atoms with Gasteiger partial charge in [0, 0.05) is 0 Å². The lowest BCUT2D eigenvalue weighted by Crippen LogP contribution is -2.27. The molecule has 0 atom stereocenters. The summed E-state index contributed by atoms with van der Waals surface area (Å²) in [6.45, 7) is 3.28. The van der Waals surface area contributed by atoms with E-state index >= 15 is 0 Å². The molecule has 18 heavy (non-hydrogen) atoms. The van der Waals surface area contributed by atoms with Gasteiger partial charge in [-0.25, -0.2) is 0 Å². The Labute approximate surface area is 109 Å². The van der Waals surface area contributed by atoms with Crippen molar-refractivity contribution in [2.24, 2.45) is 0 Å². The van der Waals surface area contributed by atoms with Gasteiger partial charge in [0.15, 0.2) is 0 Å². The molecule has 0 bridgehead atoms. The quantitative estimate of drug-likeness (QED) is 0.858. The molecule has 0 heterocycles. The first-order valence-electron chi connectivity index (χ1n) is 6.79. The van der Waals surface area contributed by atoms with E-state index in [1.807, 2.05) is 0 Å². The number of hydrogen-bond acceptors (Lipinski definition) is 1. The van der Waals surface area contributed by atoms with Crippen LogP contribution in [-0.4, -0.2) is 6.54 Å². The molecule has 0 spiro atoms. The van der Waals surface area contributed by atoms with Gasteiger partial charge in [-0.3, -0.25) is 0 Å². The van der Waals surface area contributed by atoms with E-state index in [2.05, 4.69) is 60.8 Å². The van der Waals surface area contributed by atoms with Crippen LogP contribution in [0.15, 0.2) is 48.5 Å². The van der Waals surface area contributed by atoms with E-state index in [0.717, 1.165) is 13.0 Å². The number of rotatable bonds is 3. The number of hydrogen-bond donors (Lipinski definition) is 1. The lowest BCUT2D eigenvalue weighted by molar-refractivity contribution is 0.583. The summed E-state index contributed by atoms with van der Waals surface area (Å²) in [5, 5.41) is 3.68. The van der Waals surface area contributed by atoms with E-state index in [9.17, 15) is 0 Å². The third-order valence-electron chi connectivity index (χ3n) is 3.71. The summed E-state index contributed by atoms with van der Waals surface area (Å²) in [4.78, 5) is 0. The smallest absolute Gasteiger partial charge is 0.0582 e. The number of benzene rings is 2. The highest BCUT2D eigenvalue weighted by molar-refractivity contribution is 5.48. The van der Waals surface area contributed by atoms with Crippen molar-refractivity contribution in [2.75, 3.05) is 6.54 Å². The molecule has 0 saturated heterocycles. The first-order chi connectivity index (χ1) is 8.90. The first kappa shape index (κ1) is 11.5. The van der Waals surface area contributed by atoms with Crippen molar-refractivity contribution in [1.29, 1.82) is 0 Å². The fourth-order valence-corrected chi connectivity index (χ4v) is 2.83. The Morgan fingerprint density at radius 2 is 1.50 bits per heavy atom. The average Bonchev–Trinajstić information content (AvgIpc) is 2.43. The van der Waals surface area contributed by atoms with E-state index in [4.69, 9.17) is 0 Å². The Kier molecular flexibility index (Phi) is 3.16. The van der Waals surface area contributed by atoms with E-state index in [1.54, 1.807) is 0 Å². The Bertz CT molecular complexity index is 499. The van der Waals surface area contributed by atoms with Gasteiger partial charge >= 0.3 is 0 Å². The zero-order valence-electron chi connectivity index (χ0n) is 10.8. The van der Waals surface area contributed by atoms with Gasteiger partial charge in [0.2, 0.25) is 0 Å². The molecule has 1 nitrogen and oxygen atoms in total. The van der Waals surface area contributed by atoms with Crippen LogP contribution < -0.4 is 5.32 Å². The maximum atomic E-state index is 3.68. The van der Waals surface area contributed by atoms with Gasteiger partial charge in [-0.15, -0.1) is 0 Å². The normalized spacial score (nSPS) is 14.1. The van der Waals surface area contributed by atoms with Gasteiger partial charge in [0.05, 0.1) is 6.04 Å². The zero-order valence-corrected chi connectivity index (χ0v) is 10.8. The van der Waals surface area contributed by atoms with Crippen molar-refractivity contribution >= 4 is 0 Å². The van der Waals surface area contributed by atoms with Gasteiger partial charge in [0.1, 0.15) is 0 Å². The Morgan fingerprint density at radius 1 is 0.944 bits per heavy atom. The third kappa shape index (κ3) is 1.95. The monoisotopic (exact) mass is 237 g/mol. The predicted molar refractivity (Wildman–Crippen MR) is 75.8 cm³/mol. The second-order valence-electron chi connectivity index (χ2n) is 4.96. The van der Waals surface area contributed by atoms with Crippen LogP contribution in [0.1, 0.15) is 41.6 Å². The lowest BCUT2D eigenvalue weighted by Gasteiger charge is -2.29. The van der Waals surface area contributed by atoms with Crippen LogP contribution in [-0.2, 0) is 6.42 Å². The highest BCUT2D eigenvalue weighted by Crippen LogP contribution is 2.34. The summed E-state index contributed by atoms with van der Waals surface area (Å²) >= 11 is 0. The largest absolute Gasteiger partial charge is 0.306 e. The van der Waals surface area contributed by atoms with E-state index < -0.39 is 0 Å². The van der Waals surface area contributed by atoms with Crippen LogP contribution in [0.5, 0.6) is 0 Å². The molecular weight excluding hydrogens is 218 g/mol. The summed E-state index contributed by atoms with van der Waals surface area (Å²) in [6.07, 6.45) is 2.23. The van der Waals surface area contributed by atoms with Crippen molar-refractivity contribution in [1.82, 2.24) is 5.32 Å². The van der Waals surface area contributed by atoms with Crippen molar-refractivity contribution < 1.29 is 0 Å². The molecule has 0 aromatic heterocycles. The highest BCUT2D eigenvalue weighted by Gasteiger charge is 2.23. The Morgan fingerprint density at radius 3 is 2.06 bits per heavy atom. The van der Waals surface area contributed by atoms with E-state index in [1.165, 1.54) is 28.7 Å². The van der Waals surface area contributed by atoms with Crippen LogP contribution >= 0.6 is 0 Å². The van der Waals surface area contributed by atoms with Gasteiger partial charge in [-0.2, -0.15) is 0 Å². The summed E-state index contributed by atoms with van der Waals surface area (Å²) in [6, 6.07) is 18.0. The molecule has 1 aliphatic rings. The molecule has 1 heteroatoms. The molecule has 0 amide bonds. The third-order valence-corrected chi connectivity index (χ3v) is 3.71. The number of fused-ring (bicyclic) bond motifs is 2. The molecule has 0 saturated carbocycles. The maximum absolute atomic E-state index is 3.68. The minimum absolute atomic E-state index is 0.367. The van der Waals surface area contributed by atoms with Gasteiger partial charge in [-0.05, 0) is 41.6 Å². The summed E-state index contributed by atoms with van der Waals surface area (Å²) in [7, 11) is 0. The van der Waals surface area contributed by atoms with Crippen LogP contribution in [0.3, 0.4) is 0 Å². The van der Waals surface area contributed by atoms with E-state index in [0.29, 0.717) is 6.04 Å². The molecule has 1 aliphatic carbocycles. The molecule has 0 fully saturated rings. The molecule has 3 rings (SSSR count). The molecule has 92 valence electrons. The standard InChI is InChI=1S/C17H19N/c1-2-11-18-17-15-9-5-3-7-13(15)12-14-8-4-6-10-16(14)17/h3-10,17-18H,2,11-12H2,1H3. The fourth-order valence-electron chi connectivity index (χ4n) is 2.83. The lowest BCUT2D eigenvalue weighted by atomic mass is 9.82. The highest BCUT2D eigenvalue weighted by atomic mass is 14.9. The molecule has 0 radical (unpaired) electrons. The molecule has 2 aromatic carbocycles. The maximum Gasteiger partial charge on any atom is 0.0582 e. The molecular formula is C17H19N. The van der Waals surface area contributed by atoms with Gasteiger partial charge in [0.25, 0.3) is 0 Å². The second-order valence-corrected chi connectivity index (χ2v) is 4.96. The van der Waals surface area contributed by atoms with Crippen LogP contribution in [0.2, 0.25) is 0 Å². The van der Waals surface area contributed by atoms with Crippen LogP contribution in [0, 0.1) is 0 Å². The Hall–Kier alpha value is -1.60. The van der Waals surface area contributed by atoms with Crippen molar-refractivity contribution in [3.8, 4) is 0 Å². The SMILES string of the molecule is CCCNC1c2ccccc2Cc2ccccc21. The second kappa shape index (κ2) is 4.95. The molecule has 0 unspecified atom stereocenters. The van der Waals surface area contributed by atoms with Gasteiger partial charge < -0.3 is 5.32 Å². The van der Waals surface area contributed by atoms with Crippen molar-refractivity contribution in [2.45, 2.75) is 25.8 Å². The number of nitrogens with one attached hydrogen (secondary N) is 1. The zero-order chi connectivity index (χ0) is 12.4. The first-order valence-corrected chi connectivity index (χ1v) is 6.79. The van der Waals surface area contributed by atoms with E-state index in [-0.39, 0.29) is 0 Å². The fraction of sp³-hybridized carbons (Fsp3) is 0.294. The topological polar surface area (TPSA) is 12.0 Å². The van der Waals surface area contributed by atoms with Crippen molar-refractivity contribution in [3.63, 3.8) is 0 Å². The molecule has 1 N–H and O–H groups in total. The van der Waals surface area contributed by atoms with Gasteiger partial charge in [-0.1, -0.05) is 55.5 Å². The predicted octanol–water partition coefficient (Wildman–Crippen LogP) is 3.68. The minimum Gasteiger partial charge on any atom is -0.306 e. The molecule has 2 aromatic rings. The van der Waals surface area contributed by atoms with Crippen molar-refractivity contribution in [3.05, 3.63) is 70.8 Å². The summed E-state index contributed by atoms with van der Waals surface area (Å²) in [5.74, 6) is 0. The van der Waals surface area contributed by atoms with Crippen LogP contribution in [0.4, 0.5) is 0 Å².